The van der Waals surface area contributed by atoms with Crippen LogP contribution in [0.1, 0.15) is 57.4 Å². The Labute approximate surface area is 170 Å². The maximum Gasteiger partial charge on any atom is 0.137 e. The van der Waals surface area contributed by atoms with Gasteiger partial charge in [-0.2, -0.15) is 0 Å². The predicted octanol–water partition coefficient (Wildman–Crippen LogP) is 6.31. The molecule has 1 aliphatic heterocycles. The van der Waals surface area contributed by atoms with Gasteiger partial charge in [-0.05, 0) is 43.7 Å². The van der Waals surface area contributed by atoms with Crippen LogP contribution < -0.4 is 0 Å². The van der Waals surface area contributed by atoms with Crippen molar-refractivity contribution in [3.8, 4) is 0 Å². The summed E-state index contributed by atoms with van der Waals surface area (Å²) >= 11 is 0. The standard InChI is InChI=1S/C26H33NO/c1-20-16-17-23-24(19-20)28-25(22-14-8-5-9-15-22)27(26(23,2)3)18-10-13-21-11-6-4-7-12-21/h4-15,20,23-25H,16-19H2,1-3H3/b13-10+/t20-,23-,24-,25+/m1/s1. The normalized spacial score (nSPS) is 30.2. The molecule has 2 fully saturated rings. The van der Waals surface area contributed by atoms with Crippen LogP contribution in [0.2, 0.25) is 0 Å². The van der Waals surface area contributed by atoms with Gasteiger partial charge in [0, 0.05) is 18.0 Å². The van der Waals surface area contributed by atoms with Gasteiger partial charge in [0.1, 0.15) is 6.23 Å². The third-order valence-corrected chi connectivity index (χ3v) is 6.79. The fourth-order valence-electron chi connectivity index (χ4n) is 5.12. The smallest absolute Gasteiger partial charge is 0.137 e. The van der Waals surface area contributed by atoms with Gasteiger partial charge >= 0.3 is 0 Å². The van der Waals surface area contributed by atoms with Crippen molar-refractivity contribution in [1.29, 1.82) is 0 Å². The molecule has 0 N–H and O–H groups in total. The number of hydrogen-bond acceptors (Lipinski definition) is 2. The summed E-state index contributed by atoms with van der Waals surface area (Å²) in [4.78, 5) is 2.57. The Morgan fingerprint density at radius 3 is 2.39 bits per heavy atom. The Hall–Kier alpha value is -1.90. The first-order chi connectivity index (χ1) is 13.6. The number of hydrogen-bond donors (Lipinski definition) is 0. The molecule has 28 heavy (non-hydrogen) atoms. The van der Waals surface area contributed by atoms with Crippen molar-refractivity contribution in [2.24, 2.45) is 11.8 Å². The third-order valence-electron chi connectivity index (χ3n) is 6.79. The van der Waals surface area contributed by atoms with E-state index in [1.54, 1.807) is 0 Å². The molecule has 0 aromatic heterocycles. The summed E-state index contributed by atoms with van der Waals surface area (Å²) in [6.07, 6.45) is 8.67. The quantitative estimate of drug-likeness (QED) is 0.620. The van der Waals surface area contributed by atoms with Crippen molar-refractivity contribution in [1.82, 2.24) is 4.90 Å². The van der Waals surface area contributed by atoms with E-state index in [9.17, 15) is 0 Å². The second kappa shape index (κ2) is 8.23. The summed E-state index contributed by atoms with van der Waals surface area (Å²) in [5, 5.41) is 0. The van der Waals surface area contributed by atoms with Crippen LogP contribution in [-0.4, -0.2) is 23.1 Å². The molecule has 0 bridgehead atoms. The van der Waals surface area contributed by atoms with Gasteiger partial charge < -0.3 is 4.74 Å². The van der Waals surface area contributed by atoms with Gasteiger partial charge in [0.05, 0.1) is 6.10 Å². The van der Waals surface area contributed by atoms with E-state index in [1.807, 2.05) is 0 Å². The van der Waals surface area contributed by atoms with Crippen LogP contribution in [0.5, 0.6) is 0 Å². The molecule has 4 rings (SSSR count). The van der Waals surface area contributed by atoms with Gasteiger partial charge in [0.15, 0.2) is 0 Å². The molecule has 2 nitrogen and oxygen atoms in total. The van der Waals surface area contributed by atoms with E-state index < -0.39 is 0 Å². The molecule has 1 saturated heterocycles. The summed E-state index contributed by atoms with van der Waals surface area (Å²) in [7, 11) is 0. The topological polar surface area (TPSA) is 12.5 Å². The highest BCUT2D eigenvalue weighted by Crippen LogP contribution is 2.48. The lowest BCUT2D eigenvalue weighted by molar-refractivity contribution is -0.233. The molecule has 2 heteroatoms. The number of benzene rings is 2. The average Bonchev–Trinajstić information content (AvgIpc) is 2.70. The van der Waals surface area contributed by atoms with Crippen LogP contribution in [0, 0.1) is 11.8 Å². The fraction of sp³-hybridized carbons (Fsp3) is 0.462. The fourth-order valence-corrected chi connectivity index (χ4v) is 5.12. The summed E-state index contributed by atoms with van der Waals surface area (Å²) < 4.78 is 6.79. The Bertz CT molecular complexity index is 783. The van der Waals surface area contributed by atoms with E-state index >= 15 is 0 Å². The lowest BCUT2D eigenvalue weighted by Gasteiger charge is -2.57. The molecule has 0 radical (unpaired) electrons. The number of fused-ring (bicyclic) bond motifs is 1. The first-order valence-electron chi connectivity index (χ1n) is 10.7. The highest BCUT2D eigenvalue weighted by molar-refractivity contribution is 5.48. The van der Waals surface area contributed by atoms with E-state index in [-0.39, 0.29) is 11.8 Å². The minimum Gasteiger partial charge on any atom is -0.355 e. The predicted molar refractivity (Wildman–Crippen MR) is 117 cm³/mol. The Balaban J connectivity index is 1.62. The van der Waals surface area contributed by atoms with E-state index in [2.05, 4.69) is 98.5 Å². The van der Waals surface area contributed by atoms with Crippen LogP contribution in [-0.2, 0) is 4.74 Å². The largest absolute Gasteiger partial charge is 0.355 e. The Morgan fingerprint density at radius 2 is 1.68 bits per heavy atom. The highest BCUT2D eigenvalue weighted by atomic mass is 16.5. The molecular formula is C26H33NO. The van der Waals surface area contributed by atoms with Crippen LogP contribution in [0.25, 0.3) is 6.08 Å². The van der Waals surface area contributed by atoms with Crippen molar-refractivity contribution >= 4 is 6.08 Å². The Morgan fingerprint density at radius 1 is 1.00 bits per heavy atom. The summed E-state index contributed by atoms with van der Waals surface area (Å²) in [6, 6.07) is 21.3. The molecular weight excluding hydrogens is 342 g/mol. The van der Waals surface area contributed by atoms with Gasteiger partial charge in [-0.3, -0.25) is 4.90 Å². The van der Waals surface area contributed by atoms with Crippen molar-refractivity contribution in [3.63, 3.8) is 0 Å². The summed E-state index contributed by atoms with van der Waals surface area (Å²) in [5.41, 5.74) is 2.61. The summed E-state index contributed by atoms with van der Waals surface area (Å²) in [6.45, 7) is 8.12. The third kappa shape index (κ3) is 3.94. The molecule has 1 aliphatic carbocycles. The second-order valence-corrected chi connectivity index (χ2v) is 9.08. The van der Waals surface area contributed by atoms with E-state index in [0.717, 1.165) is 12.5 Å². The van der Waals surface area contributed by atoms with Gasteiger partial charge in [-0.15, -0.1) is 0 Å². The van der Waals surface area contributed by atoms with Crippen molar-refractivity contribution in [2.75, 3.05) is 6.54 Å². The molecule has 2 aliphatic rings. The monoisotopic (exact) mass is 375 g/mol. The minimum atomic E-state index is 0.0168. The van der Waals surface area contributed by atoms with Crippen molar-refractivity contribution in [3.05, 3.63) is 77.9 Å². The number of rotatable bonds is 4. The van der Waals surface area contributed by atoms with E-state index in [4.69, 9.17) is 4.74 Å². The van der Waals surface area contributed by atoms with E-state index in [0.29, 0.717) is 12.0 Å². The molecule has 4 atom stereocenters. The molecule has 1 heterocycles. The van der Waals surface area contributed by atoms with Crippen LogP contribution in [0.3, 0.4) is 0 Å². The maximum atomic E-state index is 6.79. The zero-order valence-electron chi connectivity index (χ0n) is 17.4. The van der Waals surface area contributed by atoms with Crippen LogP contribution >= 0.6 is 0 Å². The summed E-state index contributed by atoms with van der Waals surface area (Å²) in [5.74, 6) is 1.35. The molecule has 0 unspecified atom stereocenters. The number of ether oxygens (including phenoxy) is 1. The average molecular weight is 376 g/mol. The zero-order valence-corrected chi connectivity index (χ0v) is 17.4. The molecule has 2 aromatic carbocycles. The Kier molecular flexibility index (Phi) is 5.70. The van der Waals surface area contributed by atoms with E-state index in [1.165, 1.54) is 30.4 Å². The highest BCUT2D eigenvalue weighted by Gasteiger charge is 2.50. The molecule has 0 spiro atoms. The minimum absolute atomic E-state index is 0.0168. The molecule has 0 amide bonds. The molecule has 1 saturated carbocycles. The lowest BCUT2D eigenvalue weighted by Crippen LogP contribution is -2.61. The molecule has 148 valence electrons. The zero-order chi connectivity index (χ0) is 19.6. The van der Waals surface area contributed by atoms with Crippen molar-refractivity contribution < 1.29 is 4.74 Å². The van der Waals surface area contributed by atoms with Gasteiger partial charge in [0.2, 0.25) is 0 Å². The first-order valence-corrected chi connectivity index (χ1v) is 10.7. The second-order valence-electron chi connectivity index (χ2n) is 9.08. The molecule has 2 aromatic rings. The lowest BCUT2D eigenvalue weighted by atomic mass is 9.69. The van der Waals surface area contributed by atoms with Crippen molar-refractivity contribution in [2.45, 2.75) is 57.9 Å². The van der Waals surface area contributed by atoms with Gasteiger partial charge in [-0.25, -0.2) is 0 Å². The number of nitrogens with zero attached hydrogens (tertiary/aromatic N) is 1. The first kappa shape index (κ1) is 19.4. The van der Waals surface area contributed by atoms with Crippen LogP contribution in [0.4, 0.5) is 0 Å². The van der Waals surface area contributed by atoms with Gasteiger partial charge in [-0.1, -0.05) is 86.2 Å². The van der Waals surface area contributed by atoms with Crippen LogP contribution in [0.15, 0.2) is 66.7 Å². The van der Waals surface area contributed by atoms with Gasteiger partial charge in [0.25, 0.3) is 0 Å². The SMILES string of the molecule is C[C@@H]1CC[C@@H]2[C@@H](C1)O[C@@H](c1ccccc1)N(C/C=C/c1ccccc1)C2(C)C. The maximum absolute atomic E-state index is 6.79.